The molecule has 1 aliphatic rings. The van der Waals surface area contributed by atoms with Gasteiger partial charge in [-0.15, -0.1) is 11.3 Å². The Morgan fingerprint density at radius 1 is 1.21 bits per heavy atom. The number of thioether (sulfide) groups is 1. The molecule has 1 saturated carbocycles. The van der Waals surface area contributed by atoms with E-state index >= 15 is 0 Å². The molecule has 2 atom stereocenters. The minimum atomic E-state index is 0.616. The van der Waals surface area contributed by atoms with Crippen LogP contribution >= 0.6 is 23.1 Å². The highest BCUT2D eigenvalue weighted by atomic mass is 32.2. The zero-order valence-electron chi connectivity index (χ0n) is 11.3. The predicted molar refractivity (Wildman–Crippen MR) is 83.7 cm³/mol. The van der Waals surface area contributed by atoms with Crippen molar-refractivity contribution in [1.82, 2.24) is 9.97 Å². The molecule has 2 aromatic heterocycles. The van der Waals surface area contributed by atoms with Gasteiger partial charge in [-0.25, -0.2) is 9.97 Å². The summed E-state index contributed by atoms with van der Waals surface area (Å²) in [5, 5.41) is 4.49. The van der Waals surface area contributed by atoms with Gasteiger partial charge < -0.3 is 5.73 Å². The van der Waals surface area contributed by atoms with Gasteiger partial charge in [0.05, 0.1) is 5.39 Å². The summed E-state index contributed by atoms with van der Waals surface area (Å²) in [7, 11) is 0. The lowest BCUT2D eigenvalue weighted by molar-refractivity contribution is 0.308. The molecule has 3 rings (SSSR count). The Morgan fingerprint density at radius 2 is 1.95 bits per heavy atom. The van der Waals surface area contributed by atoms with E-state index < -0.39 is 0 Å². The van der Waals surface area contributed by atoms with Crippen LogP contribution in [0.1, 0.15) is 33.1 Å². The van der Waals surface area contributed by atoms with Crippen molar-refractivity contribution in [2.24, 2.45) is 11.8 Å². The second-order valence-corrected chi connectivity index (χ2v) is 7.85. The minimum Gasteiger partial charge on any atom is -0.383 e. The fraction of sp³-hybridized carbons (Fsp3) is 0.571. The summed E-state index contributed by atoms with van der Waals surface area (Å²) in [6, 6.07) is 1.99. The molecule has 0 amide bonds. The van der Waals surface area contributed by atoms with Crippen LogP contribution in [0.15, 0.2) is 16.6 Å². The lowest BCUT2D eigenvalue weighted by Gasteiger charge is -2.30. The van der Waals surface area contributed by atoms with Gasteiger partial charge in [0.15, 0.2) is 5.16 Å². The number of nitrogens with zero attached hydrogens (tertiary/aromatic N) is 2. The van der Waals surface area contributed by atoms with Gasteiger partial charge >= 0.3 is 0 Å². The van der Waals surface area contributed by atoms with Gasteiger partial charge in [-0.2, -0.15) is 0 Å². The van der Waals surface area contributed by atoms with Crippen LogP contribution in [0.5, 0.6) is 0 Å². The third kappa shape index (κ3) is 2.87. The van der Waals surface area contributed by atoms with Crippen molar-refractivity contribution in [3.63, 3.8) is 0 Å². The SMILES string of the molecule is CC1CC(C)CC(Sc2nc(N)c3ccsc3n2)C1. The van der Waals surface area contributed by atoms with Gasteiger partial charge in [0, 0.05) is 5.25 Å². The second-order valence-electron chi connectivity index (χ2n) is 5.69. The third-order valence-electron chi connectivity index (χ3n) is 3.74. The molecular weight excluding hydrogens is 274 g/mol. The Balaban J connectivity index is 1.80. The summed E-state index contributed by atoms with van der Waals surface area (Å²) >= 11 is 3.44. The van der Waals surface area contributed by atoms with E-state index in [9.17, 15) is 0 Å². The molecule has 19 heavy (non-hydrogen) atoms. The molecule has 0 aliphatic heterocycles. The molecule has 0 bridgehead atoms. The van der Waals surface area contributed by atoms with E-state index in [-0.39, 0.29) is 0 Å². The van der Waals surface area contributed by atoms with Crippen molar-refractivity contribution in [3.05, 3.63) is 11.4 Å². The van der Waals surface area contributed by atoms with Crippen LogP contribution in [0.2, 0.25) is 0 Å². The van der Waals surface area contributed by atoms with Crippen molar-refractivity contribution in [2.45, 2.75) is 43.5 Å². The average Bonchev–Trinajstić information content (AvgIpc) is 2.75. The standard InChI is InChI=1S/C14H19N3S2/c1-8-5-9(2)7-10(6-8)19-14-16-12(15)11-3-4-18-13(11)17-14/h3-4,8-10H,5-7H2,1-2H3,(H2,15,16,17). The highest BCUT2D eigenvalue weighted by Crippen LogP contribution is 2.38. The Morgan fingerprint density at radius 3 is 2.68 bits per heavy atom. The second kappa shape index (κ2) is 5.29. The van der Waals surface area contributed by atoms with E-state index in [4.69, 9.17) is 5.73 Å². The first-order valence-electron chi connectivity index (χ1n) is 6.79. The zero-order chi connectivity index (χ0) is 13.4. The molecule has 0 radical (unpaired) electrons. The predicted octanol–water partition coefficient (Wildman–Crippen LogP) is 4.19. The Labute approximate surface area is 122 Å². The molecule has 102 valence electrons. The van der Waals surface area contributed by atoms with E-state index in [0.29, 0.717) is 11.1 Å². The van der Waals surface area contributed by atoms with Gasteiger partial charge in [0.25, 0.3) is 0 Å². The average molecular weight is 293 g/mol. The molecular formula is C14H19N3S2. The molecule has 0 aromatic carbocycles. The molecule has 1 fully saturated rings. The first-order chi connectivity index (χ1) is 9.11. The van der Waals surface area contributed by atoms with Gasteiger partial charge in [-0.1, -0.05) is 25.6 Å². The summed E-state index contributed by atoms with van der Waals surface area (Å²) < 4.78 is 0. The van der Waals surface area contributed by atoms with E-state index in [0.717, 1.165) is 27.2 Å². The molecule has 2 N–H and O–H groups in total. The van der Waals surface area contributed by atoms with Crippen molar-refractivity contribution in [1.29, 1.82) is 0 Å². The lowest BCUT2D eigenvalue weighted by atomic mass is 9.83. The summed E-state index contributed by atoms with van der Waals surface area (Å²) in [6.07, 6.45) is 3.88. The molecule has 2 unspecified atom stereocenters. The van der Waals surface area contributed by atoms with Gasteiger partial charge in [-0.05, 0) is 42.5 Å². The van der Waals surface area contributed by atoms with Crippen LogP contribution in [0.4, 0.5) is 5.82 Å². The summed E-state index contributed by atoms with van der Waals surface area (Å²) in [5.41, 5.74) is 6.00. The van der Waals surface area contributed by atoms with Crippen LogP contribution in [0.25, 0.3) is 10.2 Å². The maximum absolute atomic E-state index is 6.00. The Kier molecular flexibility index (Phi) is 3.67. The topological polar surface area (TPSA) is 51.8 Å². The van der Waals surface area contributed by atoms with Crippen LogP contribution in [0, 0.1) is 11.8 Å². The lowest BCUT2D eigenvalue weighted by Crippen LogP contribution is -2.21. The highest BCUT2D eigenvalue weighted by molar-refractivity contribution is 7.99. The maximum atomic E-state index is 6.00. The first-order valence-corrected chi connectivity index (χ1v) is 8.55. The van der Waals surface area contributed by atoms with Crippen LogP contribution < -0.4 is 5.73 Å². The summed E-state index contributed by atoms with van der Waals surface area (Å²) in [5.74, 6) is 2.23. The maximum Gasteiger partial charge on any atom is 0.191 e. The molecule has 2 aromatic rings. The van der Waals surface area contributed by atoms with Crippen LogP contribution in [0.3, 0.4) is 0 Å². The van der Waals surface area contributed by atoms with E-state index in [2.05, 4.69) is 23.8 Å². The number of anilines is 1. The largest absolute Gasteiger partial charge is 0.383 e. The fourth-order valence-electron chi connectivity index (χ4n) is 3.03. The van der Waals surface area contributed by atoms with Crippen molar-refractivity contribution in [3.8, 4) is 0 Å². The number of thiophene rings is 1. The zero-order valence-corrected chi connectivity index (χ0v) is 12.9. The fourth-order valence-corrected chi connectivity index (χ4v) is 5.30. The monoisotopic (exact) mass is 293 g/mol. The number of hydrogen-bond acceptors (Lipinski definition) is 5. The number of hydrogen-bond donors (Lipinski definition) is 1. The quantitative estimate of drug-likeness (QED) is 0.843. The van der Waals surface area contributed by atoms with E-state index in [1.165, 1.54) is 19.3 Å². The first kappa shape index (κ1) is 13.2. The van der Waals surface area contributed by atoms with E-state index in [1.807, 2.05) is 23.2 Å². The number of rotatable bonds is 2. The Hall–Kier alpha value is -0.810. The van der Waals surface area contributed by atoms with Crippen molar-refractivity contribution in [2.75, 3.05) is 5.73 Å². The number of fused-ring (bicyclic) bond motifs is 1. The van der Waals surface area contributed by atoms with Gasteiger partial charge in [0.1, 0.15) is 10.6 Å². The third-order valence-corrected chi connectivity index (χ3v) is 5.66. The normalized spacial score (nSPS) is 27.8. The van der Waals surface area contributed by atoms with Gasteiger partial charge in [0.2, 0.25) is 0 Å². The summed E-state index contributed by atoms with van der Waals surface area (Å²) in [6.45, 7) is 4.70. The minimum absolute atomic E-state index is 0.616. The molecule has 1 aliphatic carbocycles. The van der Waals surface area contributed by atoms with Crippen LogP contribution in [-0.4, -0.2) is 15.2 Å². The van der Waals surface area contributed by atoms with Crippen molar-refractivity contribution >= 4 is 39.1 Å². The number of nitrogen functional groups attached to an aromatic ring is 1. The van der Waals surface area contributed by atoms with Crippen LogP contribution in [-0.2, 0) is 0 Å². The van der Waals surface area contributed by atoms with Gasteiger partial charge in [-0.3, -0.25) is 0 Å². The number of aromatic nitrogens is 2. The van der Waals surface area contributed by atoms with Crippen molar-refractivity contribution < 1.29 is 0 Å². The summed E-state index contributed by atoms with van der Waals surface area (Å²) in [4.78, 5) is 10.1. The smallest absolute Gasteiger partial charge is 0.191 e. The molecule has 5 heteroatoms. The molecule has 3 nitrogen and oxygen atoms in total. The number of nitrogens with two attached hydrogens (primary N) is 1. The highest BCUT2D eigenvalue weighted by Gasteiger charge is 2.25. The Bertz CT molecular complexity index is 571. The molecule has 0 spiro atoms. The molecule has 2 heterocycles. The molecule has 0 saturated heterocycles. The van der Waals surface area contributed by atoms with E-state index in [1.54, 1.807) is 11.3 Å².